The van der Waals surface area contributed by atoms with E-state index in [1.54, 1.807) is 18.2 Å². The lowest BCUT2D eigenvalue weighted by molar-refractivity contribution is 1.05. The van der Waals surface area contributed by atoms with Crippen molar-refractivity contribution in [3.63, 3.8) is 0 Å². The number of nitrogens with zero attached hydrogens (tertiary/aromatic N) is 2. The van der Waals surface area contributed by atoms with E-state index in [-0.39, 0.29) is 0 Å². The SMILES string of the molecule is Cc1nc(Cl)c(-c2cc(Cl)cc(Cl)c2)nc1C. The lowest BCUT2D eigenvalue weighted by Crippen LogP contribution is -1.96. The Labute approximate surface area is 115 Å². The lowest BCUT2D eigenvalue weighted by Gasteiger charge is -2.07. The molecule has 0 amide bonds. The fourth-order valence-corrected chi connectivity index (χ4v) is 2.25. The van der Waals surface area contributed by atoms with E-state index in [0.717, 1.165) is 17.0 Å². The third kappa shape index (κ3) is 2.71. The summed E-state index contributed by atoms with van der Waals surface area (Å²) in [5, 5.41) is 1.44. The van der Waals surface area contributed by atoms with Gasteiger partial charge in [0.15, 0.2) is 5.15 Å². The minimum Gasteiger partial charge on any atom is -0.248 e. The van der Waals surface area contributed by atoms with Gasteiger partial charge in [0.1, 0.15) is 5.69 Å². The van der Waals surface area contributed by atoms with E-state index in [1.165, 1.54) is 0 Å². The Hall–Kier alpha value is -0.830. The Morgan fingerprint density at radius 2 is 1.35 bits per heavy atom. The smallest absolute Gasteiger partial charge is 0.155 e. The topological polar surface area (TPSA) is 25.8 Å². The van der Waals surface area contributed by atoms with E-state index >= 15 is 0 Å². The van der Waals surface area contributed by atoms with Gasteiger partial charge in [0.25, 0.3) is 0 Å². The van der Waals surface area contributed by atoms with Gasteiger partial charge in [0.05, 0.1) is 11.4 Å². The summed E-state index contributed by atoms with van der Waals surface area (Å²) in [6.45, 7) is 3.75. The summed E-state index contributed by atoms with van der Waals surface area (Å²) in [6.07, 6.45) is 0. The van der Waals surface area contributed by atoms with Gasteiger partial charge in [-0.15, -0.1) is 0 Å². The van der Waals surface area contributed by atoms with Crippen LogP contribution >= 0.6 is 34.8 Å². The molecular weight excluding hydrogens is 279 g/mol. The molecule has 1 heterocycles. The van der Waals surface area contributed by atoms with Crippen LogP contribution < -0.4 is 0 Å². The average molecular weight is 288 g/mol. The van der Waals surface area contributed by atoms with E-state index in [9.17, 15) is 0 Å². The van der Waals surface area contributed by atoms with Crippen LogP contribution in [0.1, 0.15) is 11.4 Å². The van der Waals surface area contributed by atoms with Crippen LogP contribution in [0.25, 0.3) is 11.3 Å². The second-order valence-electron chi connectivity index (χ2n) is 3.69. The van der Waals surface area contributed by atoms with Crippen LogP contribution in [0.5, 0.6) is 0 Å². The molecule has 88 valence electrons. The first-order valence-electron chi connectivity index (χ1n) is 4.94. The zero-order chi connectivity index (χ0) is 12.6. The van der Waals surface area contributed by atoms with Gasteiger partial charge in [-0.3, -0.25) is 0 Å². The second kappa shape index (κ2) is 4.81. The maximum absolute atomic E-state index is 6.08. The number of hydrogen-bond acceptors (Lipinski definition) is 2. The summed E-state index contributed by atoms with van der Waals surface area (Å²) in [6, 6.07) is 5.19. The van der Waals surface area contributed by atoms with Gasteiger partial charge in [-0.1, -0.05) is 34.8 Å². The summed E-state index contributed by atoms with van der Waals surface area (Å²) in [7, 11) is 0. The standard InChI is InChI=1S/C12H9Cl3N2/c1-6-7(2)17-12(15)11(16-6)8-3-9(13)5-10(14)4-8/h3-5H,1-2H3. The number of hydrogen-bond donors (Lipinski definition) is 0. The molecule has 0 unspecified atom stereocenters. The molecule has 1 aromatic heterocycles. The normalized spacial score (nSPS) is 10.6. The van der Waals surface area contributed by atoms with Crippen molar-refractivity contribution in [1.29, 1.82) is 0 Å². The van der Waals surface area contributed by atoms with Crippen LogP contribution in [-0.2, 0) is 0 Å². The Morgan fingerprint density at radius 3 is 1.94 bits per heavy atom. The Morgan fingerprint density at radius 1 is 0.824 bits per heavy atom. The summed E-state index contributed by atoms with van der Waals surface area (Å²) in [5.41, 5.74) is 3.01. The van der Waals surface area contributed by atoms with Crippen LogP contribution in [-0.4, -0.2) is 9.97 Å². The highest BCUT2D eigenvalue weighted by Crippen LogP contribution is 2.30. The van der Waals surface area contributed by atoms with E-state index in [0.29, 0.717) is 20.9 Å². The number of benzene rings is 1. The van der Waals surface area contributed by atoms with Crippen LogP contribution in [0.4, 0.5) is 0 Å². The zero-order valence-electron chi connectivity index (χ0n) is 9.26. The molecule has 17 heavy (non-hydrogen) atoms. The molecule has 0 atom stereocenters. The van der Waals surface area contributed by atoms with Gasteiger partial charge in [0.2, 0.25) is 0 Å². The van der Waals surface area contributed by atoms with Gasteiger partial charge in [-0.2, -0.15) is 0 Å². The summed E-state index contributed by atoms with van der Waals surface area (Å²) >= 11 is 18.0. The van der Waals surface area contributed by atoms with Gasteiger partial charge in [0, 0.05) is 15.6 Å². The third-order valence-corrected chi connectivity index (χ3v) is 3.10. The molecule has 0 saturated carbocycles. The molecule has 0 aliphatic carbocycles. The predicted octanol–water partition coefficient (Wildman–Crippen LogP) is 4.72. The first-order chi connectivity index (χ1) is 7.97. The number of aryl methyl sites for hydroxylation is 2. The van der Waals surface area contributed by atoms with Gasteiger partial charge < -0.3 is 0 Å². The fraction of sp³-hybridized carbons (Fsp3) is 0.167. The number of aromatic nitrogens is 2. The molecule has 0 saturated heterocycles. The van der Waals surface area contributed by atoms with Crippen LogP contribution in [0.15, 0.2) is 18.2 Å². The highest BCUT2D eigenvalue weighted by Gasteiger charge is 2.10. The van der Waals surface area contributed by atoms with E-state index in [1.807, 2.05) is 13.8 Å². The average Bonchev–Trinajstić information content (AvgIpc) is 2.22. The van der Waals surface area contributed by atoms with Crippen molar-refractivity contribution in [3.8, 4) is 11.3 Å². The first kappa shape index (κ1) is 12.6. The molecule has 2 rings (SSSR count). The molecule has 0 bridgehead atoms. The Balaban J connectivity index is 2.64. The molecule has 0 N–H and O–H groups in total. The molecule has 2 aromatic rings. The second-order valence-corrected chi connectivity index (χ2v) is 4.92. The van der Waals surface area contributed by atoms with Crippen molar-refractivity contribution < 1.29 is 0 Å². The quantitative estimate of drug-likeness (QED) is 0.758. The van der Waals surface area contributed by atoms with Gasteiger partial charge in [-0.25, -0.2) is 9.97 Å². The maximum atomic E-state index is 6.08. The van der Waals surface area contributed by atoms with Crippen molar-refractivity contribution >= 4 is 34.8 Å². The molecule has 0 spiro atoms. The number of halogens is 3. The summed E-state index contributed by atoms with van der Waals surface area (Å²) in [4.78, 5) is 8.64. The maximum Gasteiger partial charge on any atom is 0.155 e. The van der Waals surface area contributed by atoms with E-state index in [2.05, 4.69) is 9.97 Å². The lowest BCUT2D eigenvalue weighted by atomic mass is 10.1. The summed E-state index contributed by atoms with van der Waals surface area (Å²) in [5.74, 6) is 0. The van der Waals surface area contributed by atoms with Gasteiger partial charge >= 0.3 is 0 Å². The molecule has 0 aliphatic rings. The summed E-state index contributed by atoms with van der Waals surface area (Å²) < 4.78 is 0. The molecule has 0 aliphatic heterocycles. The van der Waals surface area contributed by atoms with E-state index < -0.39 is 0 Å². The minimum absolute atomic E-state index is 0.353. The minimum atomic E-state index is 0.353. The van der Waals surface area contributed by atoms with Crippen molar-refractivity contribution in [2.24, 2.45) is 0 Å². The van der Waals surface area contributed by atoms with Crippen LogP contribution in [0.3, 0.4) is 0 Å². The molecular formula is C12H9Cl3N2. The Bertz CT molecular complexity index is 562. The van der Waals surface area contributed by atoms with Crippen molar-refractivity contribution in [3.05, 3.63) is 44.8 Å². The van der Waals surface area contributed by atoms with Crippen molar-refractivity contribution in [2.45, 2.75) is 13.8 Å². The molecule has 2 nitrogen and oxygen atoms in total. The first-order valence-corrected chi connectivity index (χ1v) is 6.08. The third-order valence-electron chi connectivity index (χ3n) is 2.40. The largest absolute Gasteiger partial charge is 0.248 e. The van der Waals surface area contributed by atoms with Crippen molar-refractivity contribution in [1.82, 2.24) is 9.97 Å². The molecule has 0 fully saturated rings. The highest BCUT2D eigenvalue weighted by atomic mass is 35.5. The van der Waals surface area contributed by atoms with E-state index in [4.69, 9.17) is 34.8 Å². The number of rotatable bonds is 1. The van der Waals surface area contributed by atoms with Crippen LogP contribution in [0.2, 0.25) is 15.2 Å². The molecule has 1 aromatic carbocycles. The Kier molecular flexibility index (Phi) is 3.57. The van der Waals surface area contributed by atoms with Crippen LogP contribution in [0, 0.1) is 13.8 Å². The molecule has 5 heteroatoms. The molecule has 0 radical (unpaired) electrons. The fourth-order valence-electron chi connectivity index (χ4n) is 1.45. The zero-order valence-corrected chi connectivity index (χ0v) is 11.5. The predicted molar refractivity (Wildman–Crippen MR) is 72.0 cm³/mol. The van der Waals surface area contributed by atoms with Gasteiger partial charge in [-0.05, 0) is 32.0 Å². The monoisotopic (exact) mass is 286 g/mol. The highest BCUT2D eigenvalue weighted by molar-refractivity contribution is 6.35. The van der Waals surface area contributed by atoms with Crippen molar-refractivity contribution in [2.75, 3.05) is 0 Å².